The molecule has 1 aromatic rings. The first-order chi connectivity index (χ1) is 7.78. The molecule has 1 heterocycles. The first-order valence-corrected chi connectivity index (χ1v) is 7.29. The third kappa shape index (κ3) is 2.79. The second-order valence-corrected chi connectivity index (χ2v) is 7.03. The van der Waals surface area contributed by atoms with Gasteiger partial charge in [0, 0.05) is 5.56 Å². The van der Waals surface area contributed by atoms with Gasteiger partial charge in [-0.25, -0.2) is 8.42 Å². The average molecular weight is 256 g/mol. The lowest BCUT2D eigenvalue weighted by Gasteiger charge is -2.29. The van der Waals surface area contributed by atoms with Crippen LogP contribution < -0.4 is 4.74 Å². The first-order valence-electron chi connectivity index (χ1n) is 5.47. The maximum absolute atomic E-state index is 11.0. The molecular weight excluding hydrogens is 240 g/mol. The molecule has 0 atom stereocenters. The molecule has 5 heteroatoms. The molecule has 1 aliphatic heterocycles. The molecule has 0 amide bonds. The number of hydrogen-bond donors (Lipinski definition) is 1. The Kier molecular flexibility index (Phi) is 2.91. The van der Waals surface area contributed by atoms with Crippen molar-refractivity contribution >= 4 is 9.84 Å². The van der Waals surface area contributed by atoms with Crippen molar-refractivity contribution in [3.8, 4) is 5.75 Å². The summed E-state index contributed by atoms with van der Waals surface area (Å²) in [4.78, 5) is 0. The van der Waals surface area contributed by atoms with E-state index in [2.05, 4.69) is 0 Å². The van der Waals surface area contributed by atoms with E-state index in [-0.39, 0.29) is 17.6 Å². The lowest BCUT2D eigenvalue weighted by molar-refractivity contribution is 0.0730. The van der Waals surface area contributed by atoms with Gasteiger partial charge in [-0.05, 0) is 19.9 Å². The zero-order valence-electron chi connectivity index (χ0n) is 9.88. The summed E-state index contributed by atoms with van der Waals surface area (Å²) in [5.74, 6) is 0.681. The molecule has 0 saturated carbocycles. The van der Waals surface area contributed by atoms with Gasteiger partial charge in [-0.3, -0.25) is 0 Å². The van der Waals surface area contributed by atoms with E-state index in [0.717, 1.165) is 0 Å². The lowest BCUT2D eigenvalue weighted by atomic mass is 9.97. The Hall–Kier alpha value is -1.07. The number of para-hydroxylation sites is 1. The summed E-state index contributed by atoms with van der Waals surface area (Å²) in [6, 6.07) is 7.15. The lowest BCUT2D eigenvalue weighted by Crippen LogP contribution is -2.45. The Balaban J connectivity index is 2.17. The van der Waals surface area contributed by atoms with Crippen LogP contribution >= 0.6 is 0 Å². The number of rotatable bonds is 3. The van der Waals surface area contributed by atoms with E-state index in [0.29, 0.717) is 11.3 Å². The molecule has 94 valence electrons. The van der Waals surface area contributed by atoms with Gasteiger partial charge in [0.25, 0.3) is 0 Å². The number of ether oxygens (including phenoxy) is 1. The SMILES string of the molecule is CC(C)(O)c1ccccc1OC1CS(=O)(=O)C1. The van der Waals surface area contributed by atoms with Crippen LogP contribution in [0.15, 0.2) is 24.3 Å². The number of hydrogen-bond acceptors (Lipinski definition) is 4. The third-order valence-corrected chi connectivity index (χ3v) is 4.48. The molecule has 1 aromatic carbocycles. The van der Waals surface area contributed by atoms with Crippen molar-refractivity contribution < 1.29 is 18.3 Å². The van der Waals surface area contributed by atoms with Crippen molar-refractivity contribution in [2.45, 2.75) is 25.6 Å². The molecule has 0 aromatic heterocycles. The monoisotopic (exact) mass is 256 g/mol. The molecule has 0 aliphatic carbocycles. The van der Waals surface area contributed by atoms with Crippen LogP contribution in [0.4, 0.5) is 0 Å². The van der Waals surface area contributed by atoms with Gasteiger partial charge >= 0.3 is 0 Å². The second kappa shape index (κ2) is 3.99. The molecule has 2 rings (SSSR count). The fraction of sp³-hybridized carbons (Fsp3) is 0.500. The minimum absolute atomic E-state index is 0.0627. The zero-order valence-corrected chi connectivity index (χ0v) is 10.7. The summed E-state index contributed by atoms with van der Waals surface area (Å²) in [5, 5.41) is 9.98. The summed E-state index contributed by atoms with van der Waals surface area (Å²) in [6.07, 6.45) is -0.288. The van der Waals surface area contributed by atoms with Crippen LogP contribution in [0.2, 0.25) is 0 Å². The van der Waals surface area contributed by atoms with Crippen LogP contribution in [-0.2, 0) is 15.4 Å². The third-order valence-electron chi connectivity index (χ3n) is 2.72. The second-order valence-electron chi connectivity index (χ2n) is 4.87. The zero-order chi connectivity index (χ0) is 12.7. The van der Waals surface area contributed by atoms with Crippen LogP contribution in [0.1, 0.15) is 19.4 Å². The predicted octanol–water partition coefficient (Wildman–Crippen LogP) is 1.09. The van der Waals surface area contributed by atoms with Gasteiger partial charge in [-0.1, -0.05) is 18.2 Å². The van der Waals surface area contributed by atoms with Crippen LogP contribution in [0.3, 0.4) is 0 Å². The minimum atomic E-state index is -2.89. The summed E-state index contributed by atoms with van der Waals surface area (Å²) >= 11 is 0. The predicted molar refractivity (Wildman–Crippen MR) is 64.8 cm³/mol. The maximum Gasteiger partial charge on any atom is 0.157 e. The Morgan fingerprint density at radius 2 is 1.88 bits per heavy atom. The van der Waals surface area contributed by atoms with E-state index >= 15 is 0 Å². The molecule has 1 saturated heterocycles. The molecule has 1 N–H and O–H groups in total. The molecular formula is C12H16O4S. The van der Waals surface area contributed by atoms with Crippen molar-refractivity contribution in [2.24, 2.45) is 0 Å². The fourth-order valence-electron chi connectivity index (χ4n) is 1.84. The number of benzene rings is 1. The molecule has 0 unspecified atom stereocenters. The van der Waals surface area contributed by atoms with E-state index in [1.54, 1.807) is 32.0 Å². The smallest absolute Gasteiger partial charge is 0.157 e. The Morgan fingerprint density at radius 1 is 1.29 bits per heavy atom. The standard InChI is InChI=1S/C12H16O4S/c1-12(2,13)10-5-3-4-6-11(10)16-9-7-17(14,15)8-9/h3-6,9,13H,7-8H2,1-2H3. The van der Waals surface area contributed by atoms with Crippen molar-refractivity contribution in [3.63, 3.8) is 0 Å². The molecule has 4 nitrogen and oxygen atoms in total. The van der Waals surface area contributed by atoms with Crippen LogP contribution in [0.25, 0.3) is 0 Å². The van der Waals surface area contributed by atoms with Crippen molar-refractivity contribution in [1.29, 1.82) is 0 Å². The van der Waals surface area contributed by atoms with E-state index in [1.165, 1.54) is 0 Å². The van der Waals surface area contributed by atoms with Crippen LogP contribution in [0.5, 0.6) is 5.75 Å². The maximum atomic E-state index is 11.0. The largest absolute Gasteiger partial charge is 0.488 e. The molecule has 0 bridgehead atoms. The minimum Gasteiger partial charge on any atom is -0.488 e. The topological polar surface area (TPSA) is 63.6 Å². The highest BCUT2D eigenvalue weighted by Crippen LogP contribution is 2.31. The highest BCUT2D eigenvalue weighted by molar-refractivity contribution is 7.92. The first kappa shape index (κ1) is 12.4. The van der Waals surface area contributed by atoms with Crippen molar-refractivity contribution in [3.05, 3.63) is 29.8 Å². The molecule has 1 aliphatic rings. The molecule has 0 radical (unpaired) electrons. The Labute approximate surface area is 101 Å². The van der Waals surface area contributed by atoms with Gasteiger partial charge in [-0.2, -0.15) is 0 Å². The number of aliphatic hydroxyl groups is 1. The van der Waals surface area contributed by atoms with E-state index in [9.17, 15) is 13.5 Å². The fourth-order valence-corrected chi connectivity index (χ4v) is 3.01. The van der Waals surface area contributed by atoms with Crippen molar-refractivity contribution in [1.82, 2.24) is 0 Å². The van der Waals surface area contributed by atoms with Crippen LogP contribution in [0, 0.1) is 0 Å². The summed E-state index contributed by atoms with van der Waals surface area (Å²) in [7, 11) is -2.89. The Morgan fingerprint density at radius 3 is 2.41 bits per heavy atom. The van der Waals surface area contributed by atoms with E-state index < -0.39 is 15.4 Å². The van der Waals surface area contributed by atoms with Gasteiger partial charge in [0.15, 0.2) is 9.84 Å². The highest BCUT2D eigenvalue weighted by atomic mass is 32.2. The summed E-state index contributed by atoms with van der Waals surface area (Å²) < 4.78 is 27.7. The van der Waals surface area contributed by atoms with Crippen molar-refractivity contribution in [2.75, 3.05) is 11.5 Å². The molecule has 1 fully saturated rings. The van der Waals surface area contributed by atoms with Gasteiger partial charge < -0.3 is 9.84 Å². The van der Waals surface area contributed by atoms with Gasteiger partial charge in [0.1, 0.15) is 11.9 Å². The van der Waals surface area contributed by atoms with E-state index in [1.807, 2.05) is 6.07 Å². The van der Waals surface area contributed by atoms with Crippen LogP contribution in [-0.4, -0.2) is 31.1 Å². The van der Waals surface area contributed by atoms with Gasteiger partial charge in [-0.15, -0.1) is 0 Å². The quantitative estimate of drug-likeness (QED) is 0.879. The summed E-state index contributed by atoms with van der Waals surface area (Å²) in [6.45, 7) is 3.35. The summed E-state index contributed by atoms with van der Waals surface area (Å²) in [5.41, 5.74) is -0.330. The normalized spacial score (nSPS) is 19.7. The highest BCUT2D eigenvalue weighted by Gasteiger charge is 2.36. The van der Waals surface area contributed by atoms with Gasteiger partial charge in [0.2, 0.25) is 0 Å². The molecule has 0 spiro atoms. The average Bonchev–Trinajstić information content (AvgIpc) is 2.14. The Bertz CT molecular complexity index is 502. The van der Waals surface area contributed by atoms with E-state index in [4.69, 9.17) is 4.74 Å². The van der Waals surface area contributed by atoms with Gasteiger partial charge in [0.05, 0.1) is 17.1 Å². The number of sulfone groups is 1. The molecule has 17 heavy (non-hydrogen) atoms.